The van der Waals surface area contributed by atoms with Gasteiger partial charge in [0.2, 0.25) is 6.79 Å². The monoisotopic (exact) mass is 419 g/mol. The van der Waals surface area contributed by atoms with Gasteiger partial charge in [0.15, 0.2) is 16.7 Å². The molecule has 2 heterocycles. The number of benzene rings is 2. The molecule has 0 saturated carbocycles. The van der Waals surface area contributed by atoms with Gasteiger partial charge in [0.05, 0.1) is 11.1 Å². The largest absolute Gasteiger partial charge is 0.454 e. The first kappa shape index (κ1) is 17.9. The number of thioether (sulfide) groups is 1. The zero-order chi connectivity index (χ0) is 18.8. The second-order valence-corrected chi connectivity index (χ2v) is 7.37. The highest BCUT2D eigenvalue weighted by molar-refractivity contribution is 8.18. The molecule has 0 aliphatic carbocycles. The predicted molar refractivity (Wildman–Crippen MR) is 108 cm³/mol. The average molecular weight is 420 g/mol. The van der Waals surface area contributed by atoms with Crippen molar-refractivity contribution in [1.82, 2.24) is 5.32 Å². The van der Waals surface area contributed by atoms with E-state index in [9.17, 15) is 4.79 Å². The first-order valence-corrected chi connectivity index (χ1v) is 9.32. The lowest BCUT2D eigenvalue weighted by Gasteiger charge is -1.99. The Balaban J connectivity index is 1.47. The van der Waals surface area contributed by atoms with Crippen molar-refractivity contribution < 1.29 is 14.3 Å². The summed E-state index contributed by atoms with van der Waals surface area (Å²) in [5, 5.41) is 12.1. The summed E-state index contributed by atoms with van der Waals surface area (Å²) < 4.78 is 10.6. The van der Waals surface area contributed by atoms with Gasteiger partial charge in [0, 0.05) is 10.0 Å². The molecule has 2 aliphatic heterocycles. The van der Waals surface area contributed by atoms with E-state index in [1.54, 1.807) is 42.6 Å². The van der Waals surface area contributed by atoms with Gasteiger partial charge in [-0.25, -0.2) is 0 Å². The van der Waals surface area contributed by atoms with Gasteiger partial charge >= 0.3 is 0 Å². The fourth-order valence-electron chi connectivity index (χ4n) is 2.38. The van der Waals surface area contributed by atoms with Gasteiger partial charge in [-0.1, -0.05) is 29.3 Å². The van der Waals surface area contributed by atoms with Crippen LogP contribution in [-0.4, -0.2) is 24.1 Å². The molecule has 0 spiro atoms. The second kappa shape index (κ2) is 7.64. The highest BCUT2D eigenvalue weighted by Gasteiger charge is 2.24. The van der Waals surface area contributed by atoms with Crippen LogP contribution < -0.4 is 14.8 Å². The molecule has 0 aromatic heterocycles. The molecule has 2 aliphatic rings. The average Bonchev–Trinajstić information content (AvgIpc) is 3.23. The molecule has 0 bridgehead atoms. The maximum Gasteiger partial charge on any atom is 0.264 e. The summed E-state index contributed by atoms with van der Waals surface area (Å²) >= 11 is 13.2. The maximum absolute atomic E-state index is 12.1. The van der Waals surface area contributed by atoms with Crippen LogP contribution in [-0.2, 0) is 4.79 Å². The Morgan fingerprint density at radius 2 is 1.96 bits per heavy atom. The fraction of sp³-hybridized carbons (Fsp3) is 0.0556. The number of carbonyl (C=O) groups is 1. The van der Waals surface area contributed by atoms with E-state index < -0.39 is 0 Å². The summed E-state index contributed by atoms with van der Waals surface area (Å²) in [5.41, 5.74) is 1.51. The number of ether oxygens (including phenoxy) is 2. The molecule has 0 atom stereocenters. The van der Waals surface area contributed by atoms with Gasteiger partial charge in [-0.2, -0.15) is 5.10 Å². The van der Waals surface area contributed by atoms with Crippen molar-refractivity contribution in [2.45, 2.75) is 0 Å². The Bertz CT molecular complexity index is 1020. The zero-order valence-corrected chi connectivity index (χ0v) is 15.9. The first-order chi connectivity index (χ1) is 13.1. The van der Waals surface area contributed by atoms with Crippen LogP contribution in [0.25, 0.3) is 6.08 Å². The SMILES string of the molecule is O=C1NC(=NN=Cc2ccc3c(c2)OCO3)S/C1=C\c1ccc(Cl)cc1Cl. The number of halogens is 2. The highest BCUT2D eigenvalue weighted by Crippen LogP contribution is 2.32. The predicted octanol–water partition coefficient (Wildman–Crippen LogP) is 4.32. The standard InChI is InChI=1S/C18H11Cl2N3O3S/c19-12-3-2-11(13(20)7-12)6-16-17(24)22-18(27-16)23-21-8-10-1-4-14-15(5-10)26-9-25-14/h1-8H,9H2,(H,22,23,24)/b16-6-,21-8?. The molecular weight excluding hydrogens is 409 g/mol. The topological polar surface area (TPSA) is 72.3 Å². The van der Waals surface area contributed by atoms with E-state index >= 15 is 0 Å². The summed E-state index contributed by atoms with van der Waals surface area (Å²) in [6, 6.07) is 10.5. The van der Waals surface area contributed by atoms with E-state index in [-0.39, 0.29) is 12.7 Å². The van der Waals surface area contributed by atoms with E-state index in [1.807, 2.05) is 6.07 Å². The fourth-order valence-corrected chi connectivity index (χ4v) is 3.61. The Morgan fingerprint density at radius 1 is 1.11 bits per heavy atom. The normalized spacial score (nSPS) is 18.7. The highest BCUT2D eigenvalue weighted by atomic mass is 35.5. The molecule has 1 N–H and O–H groups in total. The second-order valence-electron chi connectivity index (χ2n) is 5.49. The molecule has 6 nitrogen and oxygen atoms in total. The number of hydrogen-bond acceptors (Lipinski definition) is 6. The van der Waals surface area contributed by atoms with E-state index in [0.717, 1.165) is 5.56 Å². The summed E-state index contributed by atoms with van der Waals surface area (Å²) in [6.45, 7) is 0.216. The molecule has 0 radical (unpaired) electrons. The van der Waals surface area contributed by atoms with Gasteiger partial charge < -0.3 is 9.47 Å². The number of amides is 1. The van der Waals surface area contributed by atoms with Crippen molar-refractivity contribution in [2.24, 2.45) is 10.2 Å². The minimum Gasteiger partial charge on any atom is -0.454 e. The molecule has 1 saturated heterocycles. The number of amidine groups is 1. The number of fused-ring (bicyclic) bond motifs is 1. The van der Waals surface area contributed by atoms with Crippen LogP contribution >= 0.6 is 35.0 Å². The molecule has 4 rings (SSSR count). The van der Waals surface area contributed by atoms with Crippen LogP contribution in [0.1, 0.15) is 11.1 Å². The Morgan fingerprint density at radius 3 is 2.81 bits per heavy atom. The molecule has 1 amide bonds. The van der Waals surface area contributed by atoms with Crippen LogP contribution in [0.2, 0.25) is 10.0 Å². The molecule has 2 aromatic carbocycles. The third kappa shape index (κ3) is 4.10. The lowest BCUT2D eigenvalue weighted by molar-refractivity contribution is -0.115. The van der Waals surface area contributed by atoms with E-state index in [2.05, 4.69) is 15.5 Å². The van der Waals surface area contributed by atoms with Crippen molar-refractivity contribution in [3.63, 3.8) is 0 Å². The van der Waals surface area contributed by atoms with Gasteiger partial charge in [-0.15, -0.1) is 5.10 Å². The van der Waals surface area contributed by atoms with Crippen LogP contribution in [0.15, 0.2) is 51.5 Å². The minimum atomic E-state index is -0.261. The number of rotatable bonds is 3. The summed E-state index contributed by atoms with van der Waals surface area (Å²) in [7, 11) is 0. The van der Waals surface area contributed by atoms with E-state index in [1.165, 1.54) is 11.8 Å². The van der Waals surface area contributed by atoms with Crippen molar-refractivity contribution >= 4 is 58.3 Å². The smallest absolute Gasteiger partial charge is 0.264 e. The van der Waals surface area contributed by atoms with Crippen molar-refractivity contribution in [2.75, 3.05) is 6.79 Å². The number of carbonyl (C=O) groups excluding carboxylic acids is 1. The number of hydrogen-bond donors (Lipinski definition) is 1. The van der Waals surface area contributed by atoms with Gasteiger partial charge in [-0.05, 0) is 59.3 Å². The number of nitrogens with one attached hydrogen (secondary N) is 1. The van der Waals surface area contributed by atoms with E-state index in [4.69, 9.17) is 32.7 Å². The van der Waals surface area contributed by atoms with Crippen molar-refractivity contribution in [1.29, 1.82) is 0 Å². The third-order valence-electron chi connectivity index (χ3n) is 3.65. The summed E-state index contributed by atoms with van der Waals surface area (Å²) in [4.78, 5) is 12.6. The van der Waals surface area contributed by atoms with Gasteiger partial charge in [0.25, 0.3) is 5.91 Å². The Labute approximate surface area is 168 Å². The molecule has 2 aromatic rings. The zero-order valence-electron chi connectivity index (χ0n) is 13.6. The van der Waals surface area contributed by atoms with Gasteiger partial charge in [-0.3, -0.25) is 10.1 Å². The minimum absolute atomic E-state index is 0.216. The Hall–Kier alpha value is -2.48. The van der Waals surface area contributed by atoms with E-state index in [0.29, 0.717) is 37.2 Å². The van der Waals surface area contributed by atoms with Crippen LogP contribution in [0.4, 0.5) is 0 Å². The molecule has 0 unspecified atom stereocenters. The van der Waals surface area contributed by atoms with Crippen molar-refractivity contribution in [3.05, 3.63) is 62.5 Å². The molecule has 1 fully saturated rings. The van der Waals surface area contributed by atoms with Crippen LogP contribution in [0.5, 0.6) is 11.5 Å². The molecule has 27 heavy (non-hydrogen) atoms. The quantitative estimate of drug-likeness (QED) is 0.456. The summed E-state index contributed by atoms with van der Waals surface area (Å²) in [5.74, 6) is 1.11. The van der Waals surface area contributed by atoms with Crippen LogP contribution in [0.3, 0.4) is 0 Å². The van der Waals surface area contributed by atoms with Crippen molar-refractivity contribution in [3.8, 4) is 11.5 Å². The number of nitrogens with zero attached hydrogens (tertiary/aromatic N) is 2. The Kier molecular flexibility index (Phi) is 5.07. The van der Waals surface area contributed by atoms with Crippen LogP contribution in [0, 0.1) is 0 Å². The lowest BCUT2D eigenvalue weighted by atomic mass is 10.2. The molecule has 136 valence electrons. The molecule has 9 heteroatoms. The molecular formula is C18H11Cl2N3O3S. The maximum atomic E-state index is 12.1. The summed E-state index contributed by atoms with van der Waals surface area (Å²) in [6.07, 6.45) is 3.25. The van der Waals surface area contributed by atoms with Gasteiger partial charge in [0.1, 0.15) is 0 Å². The lowest BCUT2D eigenvalue weighted by Crippen LogP contribution is -2.19. The third-order valence-corrected chi connectivity index (χ3v) is 5.11. The first-order valence-electron chi connectivity index (χ1n) is 7.75.